The second kappa shape index (κ2) is 7.29. The molecule has 5 nitrogen and oxygen atoms in total. The number of aliphatic hydroxyl groups excluding tert-OH is 1. The molecule has 0 radical (unpaired) electrons. The molecular formula is C14H18N2O3S. The van der Waals surface area contributed by atoms with E-state index in [1.54, 1.807) is 23.3 Å². The molecule has 2 heterocycles. The van der Waals surface area contributed by atoms with Crippen LogP contribution in [0.15, 0.2) is 11.4 Å². The number of morpholine rings is 1. The maximum atomic E-state index is 12.2. The van der Waals surface area contributed by atoms with E-state index in [4.69, 9.17) is 9.84 Å². The van der Waals surface area contributed by atoms with Gasteiger partial charge >= 0.3 is 6.03 Å². The van der Waals surface area contributed by atoms with Crippen LogP contribution in [0.25, 0.3) is 0 Å². The first kappa shape index (κ1) is 14.9. The number of thiophene rings is 1. The van der Waals surface area contributed by atoms with Crippen LogP contribution in [0.2, 0.25) is 0 Å². The van der Waals surface area contributed by atoms with E-state index in [9.17, 15) is 4.79 Å². The molecule has 1 aromatic heterocycles. The van der Waals surface area contributed by atoms with Crippen molar-refractivity contribution in [3.63, 3.8) is 0 Å². The van der Waals surface area contributed by atoms with Crippen molar-refractivity contribution in [2.45, 2.75) is 6.54 Å². The third-order valence-electron chi connectivity index (χ3n) is 2.97. The van der Waals surface area contributed by atoms with Crippen LogP contribution in [-0.2, 0) is 11.3 Å². The first-order valence-electron chi connectivity index (χ1n) is 6.45. The Bertz CT molecular complexity index is 512. The molecule has 1 N–H and O–H groups in total. The number of nitrogens with zero attached hydrogens (tertiary/aromatic N) is 2. The lowest BCUT2D eigenvalue weighted by molar-refractivity contribution is 0.0448. The summed E-state index contributed by atoms with van der Waals surface area (Å²) in [5.41, 5.74) is 0.881. The van der Waals surface area contributed by atoms with Gasteiger partial charge in [0.2, 0.25) is 0 Å². The Morgan fingerprint density at radius 1 is 1.55 bits per heavy atom. The Kier molecular flexibility index (Phi) is 5.41. The molecule has 2 amide bonds. The fourth-order valence-corrected chi connectivity index (χ4v) is 2.84. The molecule has 0 unspecified atom stereocenters. The molecule has 0 spiro atoms. The van der Waals surface area contributed by atoms with Crippen LogP contribution in [0.1, 0.15) is 10.4 Å². The fraction of sp³-hybridized carbons (Fsp3) is 0.500. The molecule has 0 saturated carbocycles. The van der Waals surface area contributed by atoms with Crippen molar-refractivity contribution >= 4 is 17.4 Å². The molecule has 1 aliphatic heterocycles. The van der Waals surface area contributed by atoms with E-state index in [0.717, 1.165) is 10.4 Å². The summed E-state index contributed by atoms with van der Waals surface area (Å²) in [7, 11) is 1.80. The molecule has 1 aliphatic rings. The van der Waals surface area contributed by atoms with Crippen molar-refractivity contribution in [3.05, 3.63) is 21.9 Å². The normalized spacial score (nSPS) is 14.6. The summed E-state index contributed by atoms with van der Waals surface area (Å²) < 4.78 is 5.24. The minimum atomic E-state index is -0.138. The van der Waals surface area contributed by atoms with Crippen LogP contribution in [0.3, 0.4) is 0 Å². The van der Waals surface area contributed by atoms with Gasteiger partial charge < -0.3 is 19.6 Å². The van der Waals surface area contributed by atoms with E-state index in [-0.39, 0.29) is 12.6 Å². The Balaban J connectivity index is 1.91. The summed E-state index contributed by atoms with van der Waals surface area (Å²) in [6.45, 7) is 2.96. The molecule has 0 aromatic carbocycles. The summed E-state index contributed by atoms with van der Waals surface area (Å²) in [4.78, 5) is 16.8. The third-order valence-corrected chi connectivity index (χ3v) is 3.89. The molecule has 1 saturated heterocycles. The molecular weight excluding hydrogens is 276 g/mol. The monoisotopic (exact) mass is 294 g/mol. The van der Waals surface area contributed by atoms with E-state index < -0.39 is 0 Å². The van der Waals surface area contributed by atoms with Crippen molar-refractivity contribution in [2.24, 2.45) is 0 Å². The molecule has 1 aromatic rings. The van der Waals surface area contributed by atoms with Crippen molar-refractivity contribution < 1.29 is 14.6 Å². The Hall–Kier alpha value is -1.55. The van der Waals surface area contributed by atoms with Crippen molar-refractivity contribution in [1.29, 1.82) is 0 Å². The van der Waals surface area contributed by atoms with Gasteiger partial charge in [-0.1, -0.05) is 11.8 Å². The molecule has 108 valence electrons. The number of carbonyl (C=O) groups excluding carboxylic acids is 1. The third kappa shape index (κ3) is 3.97. The van der Waals surface area contributed by atoms with Gasteiger partial charge in [-0.15, -0.1) is 11.3 Å². The number of carbonyl (C=O) groups is 1. The summed E-state index contributed by atoms with van der Waals surface area (Å²) in [6.07, 6.45) is 0. The van der Waals surface area contributed by atoms with Crippen molar-refractivity contribution in [1.82, 2.24) is 9.80 Å². The quantitative estimate of drug-likeness (QED) is 0.827. The zero-order chi connectivity index (χ0) is 14.4. The number of aliphatic hydroxyl groups is 1. The summed E-state index contributed by atoms with van der Waals surface area (Å²) in [5.74, 6) is 5.48. The summed E-state index contributed by atoms with van der Waals surface area (Å²) >= 11 is 1.57. The predicted molar refractivity (Wildman–Crippen MR) is 77.5 cm³/mol. The molecule has 2 rings (SSSR count). The number of urea groups is 1. The number of hydrogen-bond acceptors (Lipinski definition) is 4. The Morgan fingerprint density at radius 2 is 2.30 bits per heavy atom. The van der Waals surface area contributed by atoms with Gasteiger partial charge in [0.05, 0.1) is 19.8 Å². The molecule has 1 fully saturated rings. The number of hydrogen-bond donors (Lipinski definition) is 1. The first-order chi connectivity index (χ1) is 9.70. The Morgan fingerprint density at radius 3 is 3.00 bits per heavy atom. The highest BCUT2D eigenvalue weighted by molar-refractivity contribution is 7.10. The SMILES string of the molecule is CN(Cc1cc(C#CCO)cs1)C(=O)N1CCOCC1. The van der Waals surface area contributed by atoms with Crippen LogP contribution in [0.4, 0.5) is 4.79 Å². The van der Waals surface area contributed by atoms with Crippen LogP contribution in [0.5, 0.6) is 0 Å². The van der Waals surface area contributed by atoms with Crippen LogP contribution in [-0.4, -0.2) is 60.9 Å². The Labute approximate surface area is 122 Å². The second-order valence-corrected chi connectivity index (χ2v) is 5.50. The van der Waals surface area contributed by atoms with Gasteiger partial charge in [-0.05, 0) is 6.07 Å². The average Bonchev–Trinajstić information content (AvgIpc) is 2.92. The molecule has 20 heavy (non-hydrogen) atoms. The van der Waals surface area contributed by atoms with Gasteiger partial charge in [0, 0.05) is 36.0 Å². The second-order valence-electron chi connectivity index (χ2n) is 4.50. The maximum absolute atomic E-state index is 12.2. The highest BCUT2D eigenvalue weighted by atomic mass is 32.1. The van der Waals surface area contributed by atoms with Crippen LogP contribution in [0, 0.1) is 11.8 Å². The van der Waals surface area contributed by atoms with Gasteiger partial charge in [-0.2, -0.15) is 0 Å². The largest absolute Gasteiger partial charge is 0.384 e. The van der Waals surface area contributed by atoms with E-state index in [1.165, 1.54) is 0 Å². The predicted octanol–water partition coefficient (Wildman–Crippen LogP) is 0.976. The number of ether oxygens (including phenoxy) is 1. The summed E-state index contributed by atoms with van der Waals surface area (Å²) in [5, 5.41) is 10.6. The minimum absolute atomic E-state index is 0.0321. The zero-order valence-corrected chi connectivity index (χ0v) is 12.3. The van der Waals surface area contributed by atoms with Gasteiger partial charge in [0.1, 0.15) is 6.61 Å². The van der Waals surface area contributed by atoms with E-state index in [1.807, 2.05) is 16.3 Å². The highest BCUT2D eigenvalue weighted by Crippen LogP contribution is 2.16. The lowest BCUT2D eigenvalue weighted by Gasteiger charge is -2.30. The van der Waals surface area contributed by atoms with Crippen molar-refractivity contribution in [2.75, 3.05) is 40.0 Å². The molecule has 0 bridgehead atoms. The molecule has 6 heteroatoms. The summed E-state index contributed by atoms with van der Waals surface area (Å²) in [6, 6.07) is 1.99. The van der Waals surface area contributed by atoms with Gasteiger partial charge in [0.25, 0.3) is 0 Å². The van der Waals surface area contributed by atoms with Crippen molar-refractivity contribution in [3.8, 4) is 11.8 Å². The molecule has 0 atom stereocenters. The minimum Gasteiger partial charge on any atom is -0.384 e. The van der Waals surface area contributed by atoms with E-state index in [2.05, 4.69) is 11.8 Å². The number of rotatable bonds is 2. The van der Waals surface area contributed by atoms with Crippen LogP contribution >= 0.6 is 11.3 Å². The van der Waals surface area contributed by atoms with Gasteiger partial charge in [0.15, 0.2) is 0 Å². The van der Waals surface area contributed by atoms with E-state index >= 15 is 0 Å². The average molecular weight is 294 g/mol. The van der Waals surface area contributed by atoms with Gasteiger partial charge in [-0.25, -0.2) is 4.79 Å². The first-order valence-corrected chi connectivity index (χ1v) is 7.33. The smallest absolute Gasteiger partial charge is 0.320 e. The topological polar surface area (TPSA) is 53.0 Å². The zero-order valence-electron chi connectivity index (χ0n) is 11.5. The number of amides is 2. The maximum Gasteiger partial charge on any atom is 0.320 e. The lowest BCUT2D eigenvalue weighted by atomic mass is 10.3. The lowest BCUT2D eigenvalue weighted by Crippen LogP contribution is -2.46. The highest BCUT2D eigenvalue weighted by Gasteiger charge is 2.20. The fourth-order valence-electron chi connectivity index (χ4n) is 1.97. The standard InChI is InChI=1S/C14H18N2O3S/c1-15(14(18)16-4-7-19-8-5-16)10-13-9-12(11-20-13)3-2-6-17/h9,11,17H,4-8,10H2,1H3. The van der Waals surface area contributed by atoms with E-state index in [0.29, 0.717) is 32.8 Å². The van der Waals surface area contributed by atoms with Gasteiger partial charge in [-0.3, -0.25) is 0 Å². The van der Waals surface area contributed by atoms with Crippen LogP contribution < -0.4 is 0 Å². The molecule has 0 aliphatic carbocycles.